The van der Waals surface area contributed by atoms with Gasteiger partial charge in [0.2, 0.25) is 11.7 Å². The van der Waals surface area contributed by atoms with Crippen LogP contribution in [-0.2, 0) is 9.53 Å². The molecule has 0 fully saturated rings. The summed E-state index contributed by atoms with van der Waals surface area (Å²) in [6.45, 7) is 3.72. The van der Waals surface area contributed by atoms with Crippen molar-refractivity contribution in [3.05, 3.63) is 33.6 Å². The van der Waals surface area contributed by atoms with Crippen molar-refractivity contribution in [1.29, 1.82) is 0 Å². The molecule has 1 atom stereocenters. The summed E-state index contributed by atoms with van der Waals surface area (Å²) in [7, 11) is 0. The van der Waals surface area contributed by atoms with Crippen molar-refractivity contribution in [3.8, 4) is 11.4 Å². The van der Waals surface area contributed by atoms with Crippen LogP contribution < -0.4 is 0 Å². The highest BCUT2D eigenvalue weighted by atomic mass is 79.9. The first-order valence-corrected chi connectivity index (χ1v) is 7.15. The van der Waals surface area contributed by atoms with Gasteiger partial charge < -0.3 is 9.26 Å². The van der Waals surface area contributed by atoms with Crippen molar-refractivity contribution in [2.75, 3.05) is 6.61 Å². The molecule has 0 bridgehead atoms. The first-order chi connectivity index (χ1) is 9.52. The molecular weight excluding hydrogens is 348 g/mol. The average Bonchev–Trinajstić information content (AvgIpc) is 2.91. The maximum absolute atomic E-state index is 11.6. The van der Waals surface area contributed by atoms with E-state index in [9.17, 15) is 4.79 Å². The van der Waals surface area contributed by atoms with Crippen molar-refractivity contribution in [2.45, 2.75) is 19.8 Å². The van der Waals surface area contributed by atoms with Gasteiger partial charge >= 0.3 is 5.97 Å². The molecular formula is C13H12BrClN2O3. The van der Waals surface area contributed by atoms with Crippen LogP contribution in [0.25, 0.3) is 11.4 Å². The summed E-state index contributed by atoms with van der Waals surface area (Å²) in [6.07, 6.45) is 0. The van der Waals surface area contributed by atoms with E-state index >= 15 is 0 Å². The number of carbonyl (C=O) groups is 1. The number of rotatable bonds is 4. The van der Waals surface area contributed by atoms with Crippen LogP contribution in [0.2, 0.25) is 5.02 Å². The summed E-state index contributed by atoms with van der Waals surface area (Å²) in [5.74, 6) is -0.357. The number of ether oxygens (including phenoxy) is 1. The fourth-order valence-electron chi connectivity index (χ4n) is 1.53. The number of hydrogen-bond donors (Lipinski definition) is 0. The Labute approximate surface area is 129 Å². The van der Waals surface area contributed by atoms with Gasteiger partial charge in [-0.2, -0.15) is 4.98 Å². The molecule has 5 nitrogen and oxygen atoms in total. The van der Waals surface area contributed by atoms with Gasteiger partial charge in [-0.25, -0.2) is 0 Å². The predicted molar refractivity (Wildman–Crippen MR) is 77.5 cm³/mol. The van der Waals surface area contributed by atoms with E-state index in [4.69, 9.17) is 20.9 Å². The van der Waals surface area contributed by atoms with Gasteiger partial charge in [-0.05, 0) is 48.0 Å². The molecule has 106 valence electrons. The van der Waals surface area contributed by atoms with E-state index in [1.165, 1.54) is 0 Å². The number of halogens is 2. The van der Waals surface area contributed by atoms with Crippen molar-refractivity contribution in [3.63, 3.8) is 0 Å². The van der Waals surface area contributed by atoms with Gasteiger partial charge in [-0.15, -0.1) is 0 Å². The summed E-state index contributed by atoms with van der Waals surface area (Å²) < 4.78 is 10.8. The highest BCUT2D eigenvalue weighted by molar-refractivity contribution is 9.10. The fraction of sp³-hybridized carbons (Fsp3) is 0.308. The van der Waals surface area contributed by atoms with Crippen LogP contribution in [0.4, 0.5) is 0 Å². The molecule has 1 unspecified atom stereocenters. The van der Waals surface area contributed by atoms with Gasteiger partial charge in [-0.1, -0.05) is 16.8 Å². The molecule has 0 saturated heterocycles. The van der Waals surface area contributed by atoms with E-state index in [-0.39, 0.29) is 11.9 Å². The van der Waals surface area contributed by atoms with Crippen LogP contribution in [-0.4, -0.2) is 22.7 Å². The van der Waals surface area contributed by atoms with E-state index in [1.54, 1.807) is 32.0 Å². The molecule has 2 aromatic rings. The molecule has 0 saturated carbocycles. The lowest BCUT2D eigenvalue weighted by atomic mass is 10.2. The van der Waals surface area contributed by atoms with Gasteiger partial charge in [0, 0.05) is 10.0 Å². The van der Waals surface area contributed by atoms with Gasteiger partial charge in [0.1, 0.15) is 5.92 Å². The third kappa shape index (κ3) is 3.19. The molecule has 1 aromatic heterocycles. The largest absolute Gasteiger partial charge is 0.465 e. The Morgan fingerprint density at radius 2 is 2.30 bits per heavy atom. The molecule has 20 heavy (non-hydrogen) atoms. The molecule has 0 aliphatic rings. The minimum Gasteiger partial charge on any atom is -0.465 e. The predicted octanol–water partition coefficient (Wildman–Crippen LogP) is 3.82. The smallest absolute Gasteiger partial charge is 0.318 e. The third-order valence-electron chi connectivity index (χ3n) is 2.63. The minimum atomic E-state index is -0.591. The van der Waals surface area contributed by atoms with E-state index in [2.05, 4.69) is 26.1 Å². The van der Waals surface area contributed by atoms with Crippen molar-refractivity contribution < 1.29 is 14.1 Å². The second-order valence-corrected chi connectivity index (χ2v) is 5.32. The van der Waals surface area contributed by atoms with Gasteiger partial charge in [0.25, 0.3) is 0 Å². The normalized spacial score (nSPS) is 12.2. The molecule has 0 aliphatic heterocycles. The highest BCUT2D eigenvalue weighted by Crippen LogP contribution is 2.28. The molecule has 2 rings (SSSR count). The zero-order chi connectivity index (χ0) is 14.7. The first kappa shape index (κ1) is 15.0. The van der Waals surface area contributed by atoms with Gasteiger partial charge in [0.05, 0.1) is 11.6 Å². The molecule has 0 aliphatic carbocycles. The second-order valence-electron chi connectivity index (χ2n) is 4.06. The SMILES string of the molecule is CCOC(=O)C(C)c1nc(-c2ccc(Cl)c(Br)c2)no1. The van der Waals surface area contributed by atoms with E-state index < -0.39 is 5.92 Å². The van der Waals surface area contributed by atoms with Gasteiger partial charge in [0.15, 0.2) is 0 Å². The standard InChI is InChI=1S/C13H12BrClN2O3/c1-3-19-13(18)7(2)12-16-11(17-20-12)8-4-5-10(15)9(14)6-8/h4-7H,3H2,1-2H3. The maximum atomic E-state index is 11.6. The Kier molecular flexibility index (Phi) is 4.77. The summed E-state index contributed by atoms with van der Waals surface area (Å²) in [5.41, 5.74) is 0.743. The third-order valence-corrected chi connectivity index (χ3v) is 3.84. The number of hydrogen-bond acceptors (Lipinski definition) is 5. The van der Waals surface area contributed by atoms with Gasteiger partial charge in [-0.3, -0.25) is 4.79 Å². The second kappa shape index (κ2) is 6.37. The Morgan fingerprint density at radius 3 is 2.95 bits per heavy atom. The summed E-state index contributed by atoms with van der Waals surface area (Å²) >= 11 is 9.26. The Balaban J connectivity index is 2.24. The molecule has 1 aromatic carbocycles. The summed E-state index contributed by atoms with van der Waals surface area (Å²) in [4.78, 5) is 15.8. The molecule has 0 N–H and O–H groups in total. The van der Waals surface area contributed by atoms with Crippen LogP contribution in [0.1, 0.15) is 25.7 Å². The minimum absolute atomic E-state index is 0.226. The topological polar surface area (TPSA) is 65.2 Å². The van der Waals surface area contributed by atoms with Crippen LogP contribution in [0.15, 0.2) is 27.2 Å². The fourth-order valence-corrected chi connectivity index (χ4v) is 2.03. The Morgan fingerprint density at radius 1 is 1.55 bits per heavy atom. The summed E-state index contributed by atoms with van der Waals surface area (Å²) in [6, 6.07) is 5.29. The van der Waals surface area contributed by atoms with Crippen molar-refractivity contribution in [2.24, 2.45) is 0 Å². The zero-order valence-electron chi connectivity index (χ0n) is 10.9. The lowest BCUT2D eigenvalue weighted by Crippen LogP contribution is -2.13. The highest BCUT2D eigenvalue weighted by Gasteiger charge is 2.23. The quantitative estimate of drug-likeness (QED) is 0.776. The van der Waals surface area contributed by atoms with Crippen LogP contribution >= 0.6 is 27.5 Å². The lowest BCUT2D eigenvalue weighted by molar-refractivity contribution is -0.145. The monoisotopic (exact) mass is 358 g/mol. The summed E-state index contributed by atoms with van der Waals surface area (Å²) in [5, 5.41) is 4.46. The van der Waals surface area contributed by atoms with Crippen LogP contribution in [0, 0.1) is 0 Å². The molecule has 7 heteroatoms. The van der Waals surface area contributed by atoms with Crippen LogP contribution in [0.3, 0.4) is 0 Å². The van der Waals surface area contributed by atoms with Crippen molar-refractivity contribution in [1.82, 2.24) is 10.1 Å². The van der Waals surface area contributed by atoms with E-state index in [0.29, 0.717) is 17.5 Å². The number of esters is 1. The Bertz CT molecular complexity index is 630. The Hall–Kier alpha value is -1.40. The maximum Gasteiger partial charge on any atom is 0.318 e. The molecule has 0 spiro atoms. The van der Waals surface area contributed by atoms with Crippen molar-refractivity contribution >= 4 is 33.5 Å². The van der Waals surface area contributed by atoms with E-state index in [1.807, 2.05) is 0 Å². The molecule has 0 radical (unpaired) electrons. The number of carbonyl (C=O) groups excluding carboxylic acids is 1. The van der Waals surface area contributed by atoms with Crippen LogP contribution in [0.5, 0.6) is 0 Å². The number of nitrogens with zero attached hydrogens (tertiary/aromatic N) is 2. The number of benzene rings is 1. The lowest BCUT2D eigenvalue weighted by Gasteiger charge is -2.04. The average molecular weight is 360 g/mol. The molecule has 0 amide bonds. The first-order valence-electron chi connectivity index (χ1n) is 5.98. The number of aromatic nitrogens is 2. The zero-order valence-corrected chi connectivity index (χ0v) is 13.2. The van der Waals surface area contributed by atoms with E-state index in [0.717, 1.165) is 10.0 Å². The molecule has 1 heterocycles.